The molecule has 0 aromatic rings. The standard InChI is InChI=1S/C16H31NO7/c1-16(2,3)24-15(19)23-13-12-22-14(18)6-7-17(8-10-20-4)9-11-21-5/h6-13H2,1-5H3. The lowest BCUT2D eigenvalue weighted by atomic mass is 10.2. The maximum atomic E-state index is 11.7. The Labute approximate surface area is 144 Å². The second kappa shape index (κ2) is 13.0. The van der Waals surface area contributed by atoms with Crippen molar-refractivity contribution in [1.82, 2.24) is 4.90 Å². The molecule has 8 heteroatoms. The van der Waals surface area contributed by atoms with Gasteiger partial charge in [-0.2, -0.15) is 0 Å². The van der Waals surface area contributed by atoms with Gasteiger partial charge in [0.1, 0.15) is 18.8 Å². The van der Waals surface area contributed by atoms with Crippen molar-refractivity contribution in [3.05, 3.63) is 0 Å². The van der Waals surface area contributed by atoms with E-state index in [1.54, 1.807) is 35.0 Å². The number of esters is 1. The molecule has 8 nitrogen and oxygen atoms in total. The maximum absolute atomic E-state index is 11.7. The molecule has 0 aromatic carbocycles. The highest BCUT2D eigenvalue weighted by Crippen LogP contribution is 2.07. The Morgan fingerprint density at radius 2 is 1.38 bits per heavy atom. The number of methoxy groups -OCH3 is 2. The molecule has 0 spiro atoms. The molecule has 0 rings (SSSR count). The van der Waals surface area contributed by atoms with Crippen LogP contribution >= 0.6 is 0 Å². The van der Waals surface area contributed by atoms with Gasteiger partial charge in [-0.1, -0.05) is 0 Å². The smallest absolute Gasteiger partial charge is 0.462 e. The first-order chi connectivity index (χ1) is 11.3. The fourth-order valence-corrected chi connectivity index (χ4v) is 1.66. The zero-order valence-corrected chi connectivity index (χ0v) is 15.5. The minimum absolute atomic E-state index is 0.00815. The van der Waals surface area contributed by atoms with Crippen molar-refractivity contribution in [3.63, 3.8) is 0 Å². The maximum Gasteiger partial charge on any atom is 0.508 e. The van der Waals surface area contributed by atoms with Crippen LogP contribution in [0, 0.1) is 0 Å². The molecule has 0 aliphatic heterocycles. The molecule has 0 amide bonds. The summed E-state index contributed by atoms with van der Waals surface area (Å²) in [5.41, 5.74) is -0.609. The first kappa shape index (κ1) is 22.6. The molecule has 0 unspecified atom stereocenters. The quantitative estimate of drug-likeness (QED) is 0.387. The lowest BCUT2D eigenvalue weighted by Crippen LogP contribution is -2.33. The summed E-state index contributed by atoms with van der Waals surface area (Å²) in [6.45, 7) is 8.37. The van der Waals surface area contributed by atoms with Crippen molar-refractivity contribution in [3.8, 4) is 0 Å². The number of carbonyl (C=O) groups excluding carboxylic acids is 2. The van der Waals surface area contributed by atoms with Crippen LogP contribution in [0.5, 0.6) is 0 Å². The molecular weight excluding hydrogens is 318 g/mol. The van der Waals surface area contributed by atoms with E-state index in [1.165, 1.54) is 0 Å². The van der Waals surface area contributed by atoms with Gasteiger partial charge in [-0.25, -0.2) is 4.79 Å². The molecule has 0 radical (unpaired) electrons. The first-order valence-corrected chi connectivity index (χ1v) is 8.00. The van der Waals surface area contributed by atoms with Gasteiger partial charge in [0.05, 0.1) is 19.6 Å². The van der Waals surface area contributed by atoms with Crippen LogP contribution in [-0.4, -0.2) is 82.9 Å². The van der Waals surface area contributed by atoms with Crippen LogP contribution in [0.15, 0.2) is 0 Å². The number of rotatable bonds is 12. The number of hydrogen-bond acceptors (Lipinski definition) is 8. The minimum Gasteiger partial charge on any atom is -0.462 e. The van der Waals surface area contributed by atoms with Crippen LogP contribution in [0.25, 0.3) is 0 Å². The third-order valence-corrected chi connectivity index (χ3v) is 2.81. The van der Waals surface area contributed by atoms with E-state index in [-0.39, 0.29) is 25.6 Å². The summed E-state index contributed by atoms with van der Waals surface area (Å²) in [7, 11) is 3.26. The molecule has 0 atom stereocenters. The van der Waals surface area contributed by atoms with Gasteiger partial charge in [0.15, 0.2) is 0 Å². The Bertz CT molecular complexity index is 347. The molecule has 0 aromatic heterocycles. The van der Waals surface area contributed by atoms with Crippen molar-refractivity contribution < 1.29 is 33.3 Å². The summed E-state index contributed by atoms with van der Waals surface area (Å²) in [6.07, 6.45) is -0.524. The van der Waals surface area contributed by atoms with Gasteiger partial charge in [-0.05, 0) is 20.8 Å². The zero-order valence-electron chi connectivity index (χ0n) is 15.5. The van der Waals surface area contributed by atoms with Crippen LogP contribution in [0.1, 0.15) is 27.2 Å². The van der Waals surface area contributed by atoms with Crippen LogP contribution < -0.4 is 0 Å². The van der Waals surface area contributed by atoms with E-state index < -0.39 is 11.8 Å². The Balaban J connectivity index is 3.84. The number of carbonyl (C=O) groups is 2. The summed E-state index contributed by atoms with van der Waals surface area (Å²) in [5, 5.41) is 0. The number of hydrogen-bond donors (Lipinski definition) is 0. The molecule has 0 bridgehead atoms. The molecule has 0 fully saturated rings. The predicted molar refractivity (Wildman–Crippen MR) is 88.0 cm³/mol. The molecule has 24 heavy (non-hydrogen) atoms. The summed E-state index contributed by atoms with van der Waals surface area (Å²) in [5.74, 6) is -0.345. The molecule has 0 N–H and O–H groups in total. The van der Waals surface area contributed by atoms with Gasteiger partial charge >= 0.3 is 12.1 Å². The van der Waals surface area contributed by atoms with E-state index in [9.17, 15) is 9.59 Å². The minimum atomic E-state index is -0.774. The van der Waals surface area contributed by atoms with Gasteiger partial charge in [-0.3, -0.25) is 9.69 Å². The van der Waals surface area contributed by atoms with Crippen molar-refractivity contribution >= 4 is 12.1 Å². The van der Waals surface area contributed by atoms with Crippen LogP contribution in [-0.2, 0) is 28.5 Å². The third-order valence-electron chi connectivity index (χ3n) is 2.81. The van der Waals surface area contributed by atoms with Crippen molar-refractivity contribution in [2.45, 2.75) is 32.8 Å². The molecule has 142 valence electrons. The van der Waals surface area contributed by atoms with Crippen molar-refractivity contribution in [2.24, 2.45) is 0 Å². The molecule has 0 saturated carbocycles. The summed E-state index contributed by atoms with van der Waals surface area (Å²) in [4.78, 5) is 25.1. The highest BCUT2D eigenvalue weighted by Gasteiger charge is 2.17. The van der Waals surface area contributed by atoms with Gasteiger partial charge < -0.3 is 23.7 Å². The lowest BCUT2D eigenvalue weighted by molar-refractivity contribution is -0.145. The van der Waals surface area contributed by atoms with Gasteiger partial charge in [0.25, 0.3) is 0 Å². The van der Waals surface area contributed by atoms with E-state index >= 15 is 0 Å². The van der Waals surface area contributed by atoms with Crippen molar-refractivity contribution in [1.29, 1.82) is 0 Å². The van der Waals surface area contributed by atoms with Crippen LogP contribution in [0.2, 0.25) is 0 Å². The predicted octanol–water partition coefficient (Wildman–Crippen LogP) is 1.47. The molecule has 0 saturated heterocycles. The highest BCUT2D eigenvalue weighted by molar-refractivity contribution is 5.69. The summed E-state index contributed by atoms with van der Waals surface area (Å²) in [6, 6.07) is 0. The molecule has 0 aliphatic rings. The SMILES string of the molecule is COCCN(CCOC)CCC(=O)OCCOC(=O)OC(C)(C)C. The zero-order chi connectivity index (χ0) is 18.4. The third kappa shape index (κ3) is 14.2. The van der Waals surface area contributed by atoms with Gasteiger partial charge in [0, 0.05) is 33.9 Å². The first-order valence-electron chi connectivity index (χ1n) is 8.00. The second-order valence-electron chi connectivity index (χ2n) is 6.11. The monoisotopic (exact) mass is 349 g/mol. The largest absolute Gasteiger partial charge is 0.508 e. The Kier molecular flexibility index (Phi) is 12.2. The van der Waals surface area contributed by atoms with Crippen LogP contribution in [0.3, 0.4) is 0 Å². The fourth-order valence-electron chi connectivity index (χ4n) is 1.66. The van der Waals surface area contributed by atoms with Crippen LogP contribution in [0.4, 0.5) is 4.79 Å². The van der Waals surface area contributed by atoms with Crippen molar-refractivity contribution in [2.75, 3.05) is 60.3 Å². The van der Waals surface area contributed by atoms with Gasteiger partial charge in [-0.15, -0.1) is 0 Å². The summed E-state index contributed by atoms with van der Waals surface area (Å²) < 4.78 is 24.9. The van der Waals surface area contributed by atoms with E-state index in [4.69, 9.17) is 23.7 Å². The average molecular weight is 349 g/mol. The fraction of sp³-hybridized carbons (Fsp3) is 0.875. The topological polar surface area (TPSA) is 83.5 Å². The van der Waals surface area contributed by atoms with E-state index in [0.717, 1.165) is 13.1 Å². The van der Waals surface area contributed by atoms with Gasteiger partial charge in [0.2, 0.25) is 0 Å². The molecule has 0 heterocycles. The molecular formula is C16H31NO7. The second-order valence-corrected chi connectivity index (χ2v) is 6.11. The summed E-state index contributed by atoms with van der Waals surface area (Å²) >= 11 is 0. The Hall–Kier alpha value is -1.38. The normalized spacial score (nSPS) is 11.4. The number of ether oxygens (including phenoxy) is 5. The number of nitrogens with zero attached hydrogens (tertiary/aromatic N) is 1. The lowest BCUT2D eigenvalue weighted by Gasteiger charge is -2.21. The Morgan fingerprint density at radius 3 is 1.88 bits per heavy atom. The van der Waals surface area contributed by atoms with E-state index in [2.05, 4.69) is 4.90 Å². The van der Waals surface area contributed by atoms with E-state index in [1.807, 2.05) is 0 Å². The Morgan fingerprint density at radius 1 is 0.833 bits per heavy atom. The highest BCUT2D eigenvalue weighted by atomic mass is 16.7. The molecule has 0 aliphatic carbocycles. The average Bonchev–Trinajstić information content (AvgIpc) is 2.49. The van der Waals surface area contributed by atoms with E-state index in [0.29, 0.717) is 19.8 Å².